The van der Waals surface area contributed by atoms with Gasteiger partial charge in [0.15, 0.2) is 0 Å². The van der Waals surface area contributed by atoms with E-state index in [1.165, 1.54) is 19.5 Å². The predicted octanol–water partition coefficient (Wildman–Crippen LogP) is 2.06. The number of hydrogen-bond donors (Lipinski definition) is 1. The van der Waals surface area contributed by atoms with E-state index in [2.05, 4.69) is 26.1 Å². The second kappa shape index (κ2) is 3.59. The highest BCUT2D eigenvalue weighted by molar-refractivity contribution is 5.85. The maximum atomic E-state index is 3.38. The van der Waals surface area contributed by atoms with Gasteiger partial charge in [-0.3, -0.25) is 0 Å². The molecule has 2 heteroatoms. The highest BCUT2D eigenvalue weighted by Crippen LogP contribution is 2.29. The molecule has 1 unspecified atom stereocenters. The van der Waals surface area contributed by atoms with Crippen molar-refractivity contribution in [3.8, 4) is 0 Å². The van der Waals surface area contributed by atoms with Crippen LogP contribution in [-0.4, -0.2) is 13.1 Å². The number of nitrogens with one attached hydrogen (secondary N) is 1. The smallest absolute Gasteiger partial charge is 0.00150 e. The SMILES string of the molecule is CC(C)(C)C1CCNC1.Cl. The van der Waals surface area contributed by atoms with E-state index in [4.69, 9.17) is 0 Å². The largest absolute Gasteiger partial charge is 0.316 e. The molecule has 1 atom stereocenters. The van der Waals surface area contributed by atoms with Crippen LogP contribution >= 0.6 is 12.4 Å². The average Bonchev–Trinajstić information content (AvgIpc) is 2.08. The number of halogens is 1. The summed E-state index contributed by atoms with van der Waals surface area (Å²) < 4.78 is 0. The first kappa shape index (κ1) is 10.2. The van der Waals surface area contributed by atoms with Gasteiger partial charge in [-0.25, -0.2) is 0 Å². The molecule has 0 radical (unpaired) electrons. The van der Waals surface area contributed by atoms with E-state index in [0.29, 0.717) is 5.41 Å². The molecular formula is C8H18ClN. The van der Waals surface area contributed by atoms with Crippen molar-refractivity contribution in [2.45, 2.75) is 27.2 Å². The molecule has 62 valence electrons. The summed E-state index contributed by atoms with van der Waals surface area (Å²) in [6, 6.07) is 0. The third-order valence-electron chi connectivity index (χ3n) is 2.29. The highest BCUT2D eigenvalue weighted by Gasteiger charge is 2.26. The molecule has 1 heterocycles. The Labute approximate surface area is 70.0 Å². The minimum atomic E-state index is 0. The molecule has 0 aromatic heterocycles. The van der Waals surface area contributed by atoms with Crippen molar-refractivity contribution in [1.82, 2.24) is 5.32 Å². The van der Waals surface area contributed by atoms with Crippen molar-refractivity contribution >= 4 is 12.4 Å². The van der Waals surface area contributed by atoms with Gasteiger partial charge in [0, 0.05) is 0 Å². The topological polar surface area (TPSA) is 12.0 Å². The lowest BCUT2D eigenvalue weighted by Gasteiger charge is -2.25. The number of hydrogen-bond acceptors (Lipinski definition) is 1. The van der Waals surface area contributed by atoms with Gasteiger partial charge in [-0.15, -0.1) is 12.4 Å². The molecule has 1 aliphatic rings. The van der Waals surface area contributed by atoms with Crippen molar-refractivity contribution in [1.29, 1.82) is 0 Å². The van der Waals surface area contributed by atoms with E-state index in [9.17, 15) is 0 Å². The summed E-state index contributed by atoms with van der Waals surface area (Å²) in [5.41, 5.74) is 0.517. The van der Waals surface area contributed by atoms with Crippen LogP contribution in [0.1, 0.15) is 27.2 Å². The van der Waals surface area contributed by atoms with Gasteiger partial charge in [0.05, 0.1) is 0 Å². The molecule has 1 saturated heterocycles. The Morgan fingerprint density at radius 2 is 1.90 bits per heavy atom. The first-order valence-corrected chi connectivity index (χ1v) is 3.81. The van der Waals surface area contributed by atoms with Gasteiger partial charge in [0.2, 0.25) is 0 Å². The van der Waals surface area contributed by atoms with Crippen molar-refractivity contribution in [3.63, 3.8) is 0 Å². The lowest BCUT2D eigenvalue weighted by molar-refractivity contribution is 0.261. The molecule has 1 aliphatic heterocycles. The average molecular weight is 164 g/mol. The van der Waals surface area contributed by atoms with Crippen LogP contribution in [0.25, 0.3) is 0 Å². The van der Waals surface area contributed by atoms with Gasteiger partial charge in [0.1, 0.15) is 0 Å². The first-order valence-electron chi connectivity index (χ1n) is 3.81. The molecule has 1 fully saturated rings. The minimum Gasteiger partial charge on any atom is -0.316 e. The molecule has 0 aromatic rings. The Bertz CT molecular complexity index is 89.9. The van der Waals surface area contributed by atoms with E-state index in [1.807, 2.05) is 0 Å². The van der Waals surface area contributed by atoms with E-state index < -0.39 is 0 Å². The first-order chi connectivity index (χ1) is 4.11. The van der Waals surface area contributed by atoms with Crippen LogP contribution in [0.3, 0.4) is 0 Å². The quantitative estimate of drug-likeness (QED) is 0.577. The normalized spacial score (nSPS) is 26.1. The van der Waals surface area contributed by atoms with Crippen LogP contribution in [0, 0.1) is 11.3 Å². The Kier molecular flexibility index (Phi) is 3.68. The summed E-state index contributed by atoms with van der Waals surface area (Å²) >= 11 is 0. The third kappa shape index (κ3) is 2.47. The van der Waals surface area contributed by atoms with Gasteiger partial charge >= 0.3 is 0 Å². The second-order valence-electron chi connectivity index (χ2n) is 4.06. The molecule has 0 spiro atoms. The van der Waals surface area contributed by atoms with Crippen LogP contribution in [0.4, 0.5) is 0 Å². The zero-order valence-corrected chi connectivity index (χ0v) is 7.92. The van der Waals surface area contributed by atoms with Crippen molar-refractivity contribution < 1.29 is 0 Å². The molecule has 0 amide bonds. The number of rotatable bonds is 0. The maximum absolute atomic E-state index is 3.38. The van der Waals surface area contributed by atoms with Gasteiger partial charge < -0.3 is 5.32 Å². The van der Waals surface area contributed by atoms with Crippen molar-refractivity contribution in [2.75, 3.05) is 13.1 Å². The summed E-state index contributed by atoms with van der Waals surface area (Å²) in [4.78, 5) is 0. The second-order valence-corrected chi connectivity index (χ2v) is 4.06. The highest BCUT2D eigenvalue weighted by atomic mass is 35.5. The molecule has 0 aromatic carbocycles. The van der Waals surface area contributed by atoms with E-state index in [-0.39, 0.29) is 12.4 Å². The van der Waals surface area contributed by atoms with E-state index in [1.54, 1.807) is 0 Å². The van der Waals surface area contributed by atoms with Crippen LogP contribution in [0.5, 0.6) is 0 Å². The Morgan fingerprint density at radius 3 is 2.10 bits per heavy atom. The van der Waals surface area contributed by atoms with Crippen molar-refractivity contribution in [3.05, 3.63) is 0 Å². The fraction of sp³-hybridized carbons (Fsp3) is 1.00. The summed E-state index contributed by atoms with van der Waals surface area (Å²) in [6.45, 7) is 9.42. The van der Waals surface area contributed by atoms with Crippen LogP contribution < -0.4 is 5.32 Å². The lowest BCUT2D eigenvalue weighted by Crippen LogP contribution is -2.22. The summed E-state index contributed by atoms with van der Waals surface area (Å²) in [6.07, 6.45) is 1.36. The molecule has 0 saturated carbocycles. The molecule has 1 N–H and O–H groups in total. The molecule has 0 aliphatic carbocycles. The molecule has 1 rings (SSSR count). The Hall–Kier alpha value is 0.250. The van der Waals surface area contributed by atoms with Crippen molar-refractivity contribution in [2.24, 2.45) is 11.3 Å². The van der Waals surface area contributed by atoms with E-state index in [0.717, 1.165) is 5.92 Å². The standard InChI is InChI=1S/C8H17N.ClH/c1-8(2,3)7-4-5-9-6-7;/h7,9H,4-6H2,1-3H3;1H. The Balaban J connectivity index is 0.000000810. The molecular weight excluding hydrogens is 146 g/mol. The van der Waals surface area contributed by atoms with Crippen LogP contribution in [0.2, 0.25) is 0 Å². The van der Waals surface area contributed by atoms with E-state index >= 15 is 0 Å². The fourth-order valence-corrected chi connectivity index (χ4v) is 1.39. The zero-order chi connectivity index (χ0) is 6.91. The molecule has 1 nitrogen and oxygen atoms in total. The minimum absolute atomic E-state index is 0. The van der Waals surface area contributed by atoms with Crippen LogP contribution in [-0.2, 0) is 0 Å². The van der Waals surface area contributed by atoms with Crippen LogP contribution in [0.15, 0.2) is 0 Å². The molecule has 0 bridgehead atoms. The third-order valence-corrected chi connectivity index (χ3v) is 2.29. The zero-order valence-electron chi connectivity index (χ0n) is 7.11. The van der Waals surface area contributed by atoms with Gasteiger partial charge in [-0.1, -0.05) is 20.8 Å². The summed E-state index contributed by atoms with van der Waals surface area (Å²) in [7, 11) is 0. The maximum Gasteiger partial charge on any atom is -0.00150 e. The summed E-state index contributed by atoms with van der Waals surface area (Å²) in [5, 5.41) is 3.38. The lowest BCUT2D eigenvalue weighted by atomic mass is 9.80. The van der Waals surface area contributed by atoms with Gasteiger partial charge in [-0.05, 0) is 30.8 Å². The molecule has 10 heavy (non-hydrogen) atoms. The Morgan fingerprint density at radius 1 is 1.30 bits per heavy atom. The van der Waals surface area contributed by atoms with Gasteiger partial charge in [-0.2, -0.15) is 0 Å². The van der Waals surface area contributed by atoms with Gasteiger partial charge in [0.25, 0.3) is 0 Å². The summed E-state index contributed by atoms with van der Waals surface area (Å²) in [5.74, 6) is 0.900. The monoisotopic (exact) mass is 163 g/mol. The fourth-order valence-electron chi connectivity index (χ4n) is 1.39. The predicted molar refractivity (Wildman–Crippen MR) is 47.7 cm³/mol.